The first kappa shape index (κ1) is 77.7. The number of anilines is 3. The van der Waals surface area contributed by atoms with Gasteiger partial charge in [0.15, 0.2) is 0 Å². The number of rotatable bonds is 18. The van der Waals surface area contributed by atoms with E-state index >= 15 is 0 Å². The Labute approximate surface area is 655 Å². The van der Waals surface area contributed by atoms with Gasteiger partial charge >= 0.3 is 17.9 Å². The van der Waals surface area contributed by atoms with Crippen LogP contribution in [0.25, 0.3) is 32.7 Å². The molecule has 8 aromatic carbocycles. The van der Waals surface area contributed by atoms with Gasteiger partial charge in [0.05, 0.1) is 77.9 Å². The summed E-state index contributed by atoms with van der Waals surface area (Å²) in [5.41, 5.74) is 6.64. The summed E-state index contributed by atoms with van der Waals surface area (Å²) >= 11 is 7.40. The van der Waals surface area contributed by atoms with Crippen molar-refractivity contribution in [2.45, 2.75) is 40.4 Å². The molecule has 24 heteroatoms. The van der Waals surface area contributed by atoms with Gasteiger partial charge in [-0.3, -0.25) is 28.8 Å². The number of esters is 3. The zero-order valence-electron chi connectivity index (χ0n) is 62.3. The summed E-state index contributed by atoms with van der Waals surface area (Å²) in [5.74, 6) is -2.56. The zero-order chi connectivity index (χ0) is 78.4. The molecule has 0 saturated carbocycles. The smallest absolute Gasteiger partial charge is 0.345 e. The van der Waals surface area contributed by atoms with Crippen molar-refractivity contribution in [1.82, 2.24) is 28.4 Å². The molecule has 0 radical (unpaired) electrons. The Balaban J connectivity index is 0.000000147. The fourth-order valence-corrected chi connectivity index (χ4v) is 15.4. The van der Waals surface area contributed by atoms with Gasteiger partial charge in [0.2, 0.25) is 0 Å². The quantitative estimate of drug-likeness (QED) is 0.0577. The number of aromatic nitrogens is 3. The van der Waals surface area contributed by atoms with Crippen LogP contribution in [0.2, 0.25) is 5.02 Å². The van der Waals surface area contributed by atoms with E-state index in [4.69, 9.17) is 25.8 Å². The van der Waals surface area contributed by atoms with E-state index in [9.17, 15) is 47.5 Å². The van der Waals surface area contributed by atoms with Gasteiger partial charge in [-0.1, -0.05) is 163 Å². The van der Waals surface area contributed by atoms with Gasteiger partial charge < -0.3 is 57.3 Å². The van der Waals surface area contributed by atoms with Crippen molar-refractivity contribution in [3.05, 3.63) is 321 Å². The minimum atomic E-state index is -0.662. The predicted octanol–water partition coefficient (Wildman–Crippen LogP) is 13.4. The number of pyridine rings is 3. The Morgan fingerprint density at radius 2 is 0.652 bits per heavy atom. The summed E-state index contributed by atoms with van der Waals surface area (Å²) in [4.78, 5) is 132. The molecule has 3 aliphatic rings. The summed E-state index contributed by atoms with van der Waals surface area (Å²) in [6.07, 6.45) is 0. The zero-order valence-corrected chi connectivity index (χ0v) is 63.8. The van der Waals surface area contributed by atoms with Crippen LogP contribution < -0.4 is 31.4 Å². The van der Waals surface area contributed by atoms with Crippen LogP contribution in [0.1, 0.15) is 98.9 Å². The number of piperazine rings is 3. The molecule has 0 unspecified atom stereocenters. The van der Waals surface area contributed by atoms with Crippen molar-refractivity contribution < 1.29 is 47.4 Å². The molecule has 0 atom stereocenters. The van der Waals surface area contributed by atoms with E-state index < -0.39 is 29.3 Å². The molecule has 0 bridgehead atoms. The predicted molar refractivity (Wildman–Crippen MR) is 436 cm³/mol. The van der Waals surface area contributed by atoms with E-state index in [2.05, 4.69) is 0 Å². The summed E-state index contributed by atoms with van der Waals surface area (Å²) in [7, 11) is 0. The second-order valence-corrected chi connectivity index (χ2v) is 28.2. The monoisotopic (exact) mass is 1540 g/mol. The highest BCUT2D eigenvalue weighted by Gasteiger charge is 2.35. The molecular weight excluding hydrogens is 1460 g/mol. The largest absolute Gasteiger partial charge is 0.462 e. The van der Waals surface area contributed by atoms with E-state index in [1.807, 2.05) is 201 Å². The molecule has 572 valence electrons. The van der Waals surface area contributed by atoms with E-state index in [-0.39, 0.29) is 65.4 Å². The third kappa shape index (κ3) is 17.1. The van der Waals surface area contributed by atoms with Crippen LogP contribution in [-0.4, -0.2) is 162 Å². The van der Waals surface area contributed by atoms with Crippen LogP contribution in [0.5, 0.6) is 0 Å². The van der Waals surface area contributed by atoms with Gasteiger partial charge in [0, 0.05) is 111 Å². The first-order valence-electron chi connectivity index (χ1n) is 37.3. The molecule has 4 aromatic heterocycles. The first-order valence-corrected chi connectivity index (χ1v) is 38.6. The van der Waals surface area contributed by atoms with Crippen molar-refractivity contribution in [3.8, 4) is 0 Å². The van der Waals surface area contributed by atoms with Gasteiger partial charge in [0.25, 0.3) is 34.4 Å². The minimum absolute atomic E-state index is 0.000192. The molecule has 7 heterocycles. The Morgan fingerprint density at radius 1 is 0.357 bits per heavy atom. The molecule has 3 aliphatic heterocycles. The summed E-state index contributed by atoms with van der Waals surface area (Å²) in [6, 6.07) is 67.9. The van der Waals surface area contributed by atoms with Gasteiger partial charge in [-0.05, 0) is 116 Å². The number of amides is 3. The van der Waals surface area contributed by atoms with Gasteiger partial charge in [-0.2, -0.15) is 0 Å². The maximum absolute atomic E-state index is 13.9. The van der Waals surface area contributed by atoms with Gasteiger partial charge in [-0.25, -0.2) is 18.8 Å². The second-order valence-electron chi connectivity index (χ2n) is 26.8. The van der Waals surface area contributed by atoms with E-state index in [1.165, 1.54) is 35.6 Å². The third-order valence-electron chi connectivity index (χ3n) is 20.0. The highest BCUT2D eigenvalue weighted by Crippen LogP contribution is 2.35. The fraction of sp³-hybridized carbons (Fsp3) is 0.239. The third-order valence-corrected chi connectivity index (χ3v) is 21.1. The van der Waals surface area contributed by atoms with Crippen LogP contribution in [-0.2, 0) is 33.8 Å². The van der Waals surface area contributed by atoms with Crippen molar-refractivity contribution in [1.29, 1.82) is 0 Å². The molecular formula is C88H83ClFN9O12S. The van der Waals surface area contributed by atoms with Gasteiger partial charge in [-0.15, -0.1) is 11.3 Å². The Kier molecular flexibility index (Phi) is 24.9. The lowest BCUT2D eigenvalue weighted by atomic mass is 10.0. The molecule has 0 spiro atoms. The van der Waals surface area contributed by atoms with E-state index in [1.54, 1.807) is 68.5 Å². The maximum Gasteiger partial charge on any atom is 0.345 e. The summed E-state index contributed by atoms with van der Waals surface area (Å²) < 4.78 is 34.3. The molecule has 3 saturated heterocycles. The normalized spacial score (nSPS) is 13.6. The van der Waals surface area contributed by atoms with Crippen LogP contribution >= 0.6 is 22.9 Å². The first-order chi connectivity index (χ1) is 54.5. The molecule has 3 fully saturated rings. The number of carbonyl (C=O) groups excluding carboxylic acids is 6. The number of halogens is 2. The maximum atomic E-state index is 13.9. The number of fused-ring (bicyclic) bond motifs is 3. The highest BCUT2D eigenvalue weighted by molar-refractivity contribution is 7.12. The number of nitrogens with zero attached hydrogens (tertiary/aromatic N) is 9. The fourth-order valence-electron chi connectivity index (χ4n) is 14.6. The van der Waals surface area contributed by atoms with E-state index in [0.717, 1.165) is 43.9 Å². The van der Waals surface area contributed by atoms with Gasteiger partial charge in [0.1, 0.15) is 22.5 Å². The highest BCUT2D eigenvalue weighted by atomic mass is 35.5. The number of para-hydroxylation sites is 3. The van der Waals surface area contributed by atoms with Crippen LogP contribution in [0.4, 0.5) is 21.5 Å². The summed E-state index contributed by atoms with van der Waals surface area (Å²) in [6.45, 7) is 12.1. The lowest BCUT2D eigenvalue weighted by molar-refractivity contribution is 0.0514. The summed E-state index contributed by atoms with van der Waals surface area (Å²) in [5, 5.41) is 4.85. The number of thiophene rings is 1. The number of hydrogen-bond donors (Lipinski definition) is 0. The topological polar surface area (TPSA) is 216 Å². The lowest BCUT2D eigenvalue weighted by Crippen LogP contribution is -2.49. The molecule has 12 aromatic rings. The molecule has 15 rings (SSSR count). The molecule has 21 nitrogen and oxygen atoms in total. The number of ether oxygens (including phenoxy) is 3. The molecule has 0 N–H and O–H groups in total. The molecule has 0 aliphatic carbocycles. The van der Waals surface area contributed by atoms with Crippen molar-refractivity contribution in [2.75, 3.05) is 113 Å². The second kappa shape index (κ2) is 35.9. The average molecular weight is 1550 g/mol. The number of hydrogen-bond acceptors (Lipinski definition) is 16. The van der Waals surface area contributed by atoms with E-state index in [0.29, 0.717) is 142 Å². The lowest BCUT2D eigenvalue weighted by Gasteiger charge is -2.37. The van der Waals surface area contributed by atoms with Crippen molar-refractivity contribution in [2.24, 2.45) is 0 Å². The van der Waals surface area contributed by atoms with Crippen molar-refractivity contribution >= 4 is 108 Å². The molecule has 3 amide bonds. The van der Waals surface area contributed by atoms with Crippen molar-refractivity contribution in [3.63, 3.8) is 0 Å². The van der Waals surface area contributed by atoms with Crippen LogP contribution in [0.15, 0.2) is 244 Å². The standard InChI is InChI=1S/C30H28ClN3O4.C30H28FN3O4.C28H27N3O4S/c2*1-2-38-30(37)26-27(32-16-18-33(19-17-32)28(35)22-12-14-23(31)15-13-22)24-10-6-7-11-25(24)34(29(26)36)20-21-8-4-3-5-9-21;1-2-35-28(34)24-25(29-14-16-30(17-15-29)26(32)23-13-8-18-36-23)21-11-6-7-12-22(21)31(27(24)33)19-20-9-4-3-5-10-20/h2*3-15H,2,16-20H2,1H3;3-13,18H,2,14-17,19H2,1H3. The Morgan fingerprint density at radius 3 is 0.955 bits per heavy atom. The molecule has 112 heavy (non-hydrogen) atoms. The Bertz CT molecular complexity index is 5360. The average Bonchev–Trinajstić information content (AvgIpc) is 0.796. The SMILES string of the molecule is CCOC(=O)c1c(N2CCN(C(=O)c3ccc(Cl)cc3)CC2)c2ccccc2n(Cc2ccccc2)c1=O.CCOC(=O)c1c(N2CCN(C(=O)c3ccc(F)cc3)CC2)c2ccccc2n(Cc2ccccc2)c1=O.CCOC(=O)c1c(N2CCN(C(=O)c3cccs3)CC2)c2ccccc2n(Cc2ccccc2)c1=O. The number of carbonyl (C=O) groups is 6. The van der Waals surface area contributed by atoms with Crippen LogP contribution in [0, 0.1) is 5.82 Å². The Hall–Kier alpha value is -12.5. The number of benzene rings is 8. The minimum Gasteiger partial charge on any atom is -0.462 e. The van der Waals surface area contributed by atoms with Crippen LogP contribution in [0.3, 0.4) is 0 Å².